The number of halogens is 2. The molecule has 20 heavy (non-hydrogen) atoms. The van der Waals surface area contributed by atoms with Gasteiger partial charge in [-0.2, -0.15) is 0 Å². The molecule has 0 heterocycles. The van der Waals surface area contributed by atoms with Crippen LogP contribution in [0, 0.1) is 12.7 Å². The van der Waals surface area contributed by atoms with E-state index in [9.17, 15) is 14.3 Å². The van der Waals surface area contributed by atoms with Gasteiger partial charge in [-0.15, -0.1) is 0 Å². The number of aryl methyl sites for hydroxylation is 1. The van der Waals surface area contributed by atoms with E-state index in [0.29, 0.717) is 15.7 Å². The monoisotopic (exact) mass is 338 g/mol. The summed E-state index contributed by atoms with van der Waals surface area (Å²) in [5.74, 6) is -1.05. The minimum atomic E-state index is -0.511. The highest BCUT2D eigenvalue weighted by atomic mass is 79.9. The summed E-state index contributed by atoms with van der Waals surface area (Å²) in [6.07, 6.45) is 0. The maximum absolute atomic E-state index is 13.5. The van der Waals surface area contributed by atoms with Crippen molar-refractivity contribution in [3.05, 3.63) is 51.7 Å². The van der Waals surface area contributed by atoms with E-state index in [4.69, 9.17) is 5.73 Å². The molecule has 2 aromatic carbocycles. The predicted octanol–water partition coefficient (Wildman–Crippen LogP) is 3.44. The lowest BCUT2D eigenvalue weighted by Gasteiger charge is -2.11. The zero-order chi connectivity index (χ0) is 14.9. The van der Waals surface area contributed by atoms with Crippen LogP contribution in [-0.4, -0.2) is 11.0 Å². The summed E-state index contributed by atoms with van der Waals surface area (Å²) in [7, 11) is 0. The molecule has 0 fully saturated rings. The van der Waals surface area contributed by atoms with Crippen LogP contribution in [0.15, 0.2) is 34.8 Å². The van der Waals surface area contributed by atoms with Crippen LogP contribution in [0.5, 0.6) is 5.75 Å². The van der Waals surface area contributed by atoms with Gasteiger partial charge in [-0.05, 0) is 58.7 Å². The first-order valence-corrected chi connectivity index (χ1v) is 6.53. The molecular formula is C14H12BrFN2O2. The molecule has 0 bridgehead atoms. The summed E-state index contributed by atoms with van der Waals surface area (Å²) in [5, 5.41) is 12.0. The summed E-state index contributed by atoms with van der Waals surface area (Å²) >= 11 is 3.07. The number of anilines is 2. The van der Waals surface area contributed by atoms with E-state index in [1.807, 2.05) is 0 Å². The van der Waals surface area contributed by atoms with E-state index >= 15 is 0 Å². The number of rotatable bonds is 2. The Morgan fingerprint density at radius 2 is 2.05 bits per heavy atom. The van der Waals surface area contributed by atoms with Crippen molar-refractivity contribution in [2.24, 2.45) is 0 Å². The number of phenolic OH excluding ortho intramolecular Hbond substituents is 1. The molecule has 0 aliphatic rings. The van der Waals surface area contributed by atoms with E-state index in [2.05, 4.69) is 21.2 Å². The largest absolute Gasteiger partial charge is 0.508 e. The Morgan fingerprint density at radius 3 is 2.75 bits per heavy atom. The molecule has 2 aromatic rings. The molecule has 0 spiro atoms. The first-order chi connectivity index (χ1) is 9.38. The Bertz CT molecular complexity index is 689. The summed E-state index contributed by atoms with van der Waals surface area (Å²) < 4.78 is 13.8. The van der Waals surface area contributed by atoms with Crippen LogP contribution in [0.1, 0.15) is 15.9 Å². The maximum Gasteiger partial charge on any atom is 0.257 e. The van der Waals surface area contributed by atoms with Crippen molar-refractivity contribution in [3.63, 3.8) is 0 Å². The van der Waals surface area contributed by atoms with Gasteiger partial charge in [0.15, 0.2) is 0 Å². The van der Waals surface area contributed by atoms with Gasteiger partial charge in [-0.3, -0.25) is 4.79 Å². The molecular weight excluding hydrogens is 327 g/mol. The van der Waals surface area contributed by atoms with Crippen molar-refractivity contribution < 1.29 is 14.3 Å². The quantitative estimate of drug-likeness (QED) is 0.580. The Kier molecular flexibility index (Phi) is 3.94. The molecule has 0 aliphatic heterocycles. The van der Waals surface area contributed by atoms with E-state index in [1.165, 1.54) is 24.3 Å². The van der Waals surface area contributed by atoms with E-state index in [1.54, 1.807) is 13.0 Å². The fraction of sp³-hybridized carbons (Fsp3) is 0.0714. The van der Waals surface area contributed by atoms with Crippen LogP contribution in [0.4, 0.5) is 15.8 Å². The van der Waals surface area contributed by atoms with Crippen LogP contribution in [-0.2, 0) is 0 Å². The Hall–Kier alpha value is -2.08. The number of hydrogen-bond acceptors (Lipinski definition) is 3. The molecule has 2 rings (SSSR count). The van der Waals surface area contributed by atoms with Crippen LogP contribution >= 0.6 is 15.9 Å². The van der Waals surface area contributed by atoms with Crippen LogP contribution in [0.25, 0.3) is 0 Å². The molecule has 0 radical (unpaired) electrons. The summed E-state index contributed by atoms with van der Waals surface area (Å²) in [5.41, 5.74) is 7.09. The highest BCUT2D eigenvalue weighted by molar-refractivity contribution is 9.10. The maximum atomic E-state index is 13.5. The zero-order valence-corrected chi connectivity index (χ0v) is 12.2. The number of hydrogen-bond donors (Lipinski definition) is 3. The lowest BCUT2D eigenvalue weighted by molar-refractivity contribution is 0.102. The number of benzene rings is 2. The number of nitrogens with one attached hydrogen (secondary N) is 1. The molecule has 1 amide bonds. The standard InChI is InChI=1S/C14H12BrFN2O2/c1-7-4-10(15)11(16)6-13(7)18-14(20)9-5-8(19)2-3-12(9)17/h2-6,19H,17H2,1H3,(H,18,20). The van der Waals surface area contributed by atoms with E-state index in [-0.39, 0.29) is 17.0 Å². The third-order valence-corrected chi connectivity index (χ3v) is 3.40. The molecule has 6 heteroatoms. The van der Waals surface area contributed by atoms with Gasteiger partial charge < -0.3 is 16.2 Å². The molecule has 4 nitrogen and oxygen atoms in total. The molecule has 0 aromatic heterocycles. The van der Waals surface area contributed by atoms with Gasteiger partial charge in [0, 0.05) is 11.4 Å². The third-order valence-electron chi connectivity index (χ3n) is 2.80. The molecule has 0 aliphatic carbocycles. The highest BCUT2D eigenvalue weighted by Crippen LogP contribution is 2.25. The van der Waals surface area contributed by atoms with E-state index in [0.717, 1.165) is 0 Å². The Labute approximate surface area is 123 Å². The van der Waals surface area contributed by atoms with Crippen molar-refractivity contribution in [2.75, 3.05) is 11.1 Å². The van der Waals surface area contributed by atoms with Crippen molar-refractivity contribution in [1.82, 2.24) is 0 Å². The molecule has 0 saturated carbocycles. The van der Waals surface area contributed by atoms with Gasteiger partial charge in [-0.25, -0.2) is 4.39 Å². The lowest BCUT2D eigenvalue weighted by atomic mass is 10.1. The summed E-state index contributed by atoms with van der Waals surface area (Å²) in [6.45, 7) is 1.74. The van der Waals surface area contributed by atoms with Gasteiger partial charge in [0.05, 0.1) is 10.0 Å². The second kappa shape index (κ2) is 5.50. The van der Waals surface area contributed by atoms with Crippen LogP contribution in [0.3, 0.4) is 0 Å². The number of nitrogen functional groups attached to an aromatic ring is 1. The average Bonchev–Trinajstić information content (AvgIpc) is 2.38. The average molecular weight is 339 g/mol. The van der Waals surface area contributed by atoms with Gasteiger partial charge in [0.25, 0.3) is 5.91 Å². The van der Waals surface area contributed by atoms with Gasteiger partial charge in [0.1, 0.15) is 11.6 Å². The van der Waals surface area contributed by atoms with Crippen LogP contribution < -0.4 is 11.1 Å². The number of nitrogens with two attached hydrogens (primary N) is 1. The first kappa shape index (κ1) is 14.3. The Morgan fingerprint density at radius 1 is 1.35 bits per heavy atom. The fourth-order valence-corrected chi connectivity index (χ4v) is 2.17. The Balaban J connectivity index is 2.32. The second-order valence-electron chi connectivity index (χ2n) is 4.31. The minimum Gasteiger partial charge on any atom is -0.508 e. The van der Waals surface area contributed by atoms with Gasteiger partial charge in [0.2, 0.25) is 0 Å². The van der Waals surface area contributed by atoms with Crippen LogP contribution in [0.2, 0.25) is 0 Å². The normalized spacial score (nSPS) is 10.3. The molecule has 0 saturated heterocycles. The number of phenols is 1. The fourth-order valence-electron chi connectivity index (χ4n) is 1.71. The third kappa shape index (κ3) is 2.91. The number of carbonyl (C=O) groups excluding carboxylic acids is 1. The highest BCUT2D eigenvalue weighted by Gasteiger charge is 2.13. The minimum absolute atomic E-state index is 0.0666. The molecule has 104 valence electrons. The van der Waals surface area contributed by atoms with E-state index < -0.39 is 11.7 Å². The van der Waals surface area contributed by atoms with Crippen molar-refractivity contribution in [3.8, 4) is 5.75 Å². The molecule has 4 N–H and O–H groups in total. The second-order valence-corrected chi connectivity index (χ2v) is 5.16. The van der Waals surface area contributed by atoms with Gasteiger partial charge in [-0.1, -0.05) is 0 Å². The smallest absolute Gasteiger partial charge is 0.257 e. The van der Waals surface area contributed by atoms with Gasteiger partial charge >= 0.3 is 0 Å². The first-order valence-electron chi connectivity index (χ1n) is 5.74. The molecule has 0 atom stereocenters. The SMILES string of the molecule is Cc1cc(Br)c(F)cc1NC(=O)c1cc(O)ccc1N. The lowest BCUT2D eigenvalue weighted by Crippen LogP contribution is -2.15. The van der Waals surface area contributed by atoms with Crippen molar-refractivity contribution in [2.45, 2.75) is 6.92 Å². The number of aromatic hydroxyl groups is 1. The predicted molar refractivity (Wildman–Crippen MR) is 79.3 cm³/mol. The number of carbonyl (C=O) groups is 1. The molecule has 0 unspecified atom stereocenters. The summed E-state index contributed by atoms with van der Waals surface area (Å²) in [4.78, 5) is 12.1. The van der Waals surface area contributed by atoms with Crippen molar-refractivity contribution in [1.29, 1.82) is 0 Å². The van der Waals surface area contributed by atoms with Crippen molar-refractivity contribution >= 4 is 33.2 Å². The zero-order valence-electron chi connectivity index (χ0n) is 10.6. The topological polar surface area (TPSA) is 75.3 Å². The number of amides is 1. The summed E-state index contributed by atoms with van der Waals surface area (Å²) in [6, 6.07) is 6.86.